The Labute approximate surface area is 101 Å². The predicted octanol–water partition coefficient (Wildman–Crippen LogP) is 2.50. The van der Waals surface area contributed by atoms with Crippen molar-refractivity contribution < 1.29 is 0 Å². The van der Waals surface area contributed by atoms with Crippen molar-refractivity contribution in [2.75, 3.05) is 32.7 Å². The van der Waals surface area contributed by atoms with Gasteiger partial charge in [-0.3, -0.25) is 0 Å². The summed E-state index contributed by atoms with van der Waals surface area (Å²) < 4.78 is 0. The quantitative estimate of drug-likeness (QED) is 0.668. The molecular weight excluding hydrogens is 196 g/mol. The second-order valence-corrected chi connectivity index (χ2v) is 5.75. The molecule has 2 heteroatoms. The normalized spacial score (nSPS) is 27.2. The van der Waals surface area contributed by atoms with Gasteiger partial charge in [0.1, 0.15) is 0 Å². The lowest BCUT2D eigenvalue weighted by Crippen LogP contribution is -2.28. The highest BCUT2D eigenvalue weighted by molar-refractivity contribution is 4.79. The maximum atomic E-state index is 3.56. The van der Waals surface area contributed by atoms with E-state index < -0.39 is 0 Å². The maximum absolute atomic E-state index is 3.56. The van der Waals surface area contributed by atoms with Crippen molar-refractivity contribution in [2.45, 2.75) is 45.4 Å². The largest absolute Gasteiger partial charge is 0.316 e. The Hall–Kier alpha value is -0.0800. The van der Waals surface area contributed by atoms with Crippen molar-refractivity contribution in [1.29, 1.82) is 0 Å². The minimum absolute atomic E-state index is 0.924. The molecule has 1 aliphatic carbocycles. The highest BCUT2D eigenvalue weighted by Crippen LogP contribution is 2.30. The van der Waals surface area contributed by atoms with Gasteiger partial charge in [0.15, 0.2) is 0 Å². The molecule has 1 unspecified atom stereocenters. The van der Waals surface area contributed by atoms with Crippen LogP contribution in [0.4, 0.5) is 0 Å². The highest BCUT2D eigenvalue weighted by Gasteiger charge is 2.24. The Balaban J connectivity index is 1.52. The molecule has 16 heavy (non-hydrogen) atoms. The summed E-state index contributed by atoms with van der Waals surface area (Å²) in [4.78, 5) is 2.69. The first-order valence-electron chi connectivity index (χ1n) is 7.31. The van der Waals surface area contributed by atoms with E-state index in [9.17, 15) is 0 Å². The average molecular weight is 224 g/mol. The SMILES string of the molecule is CCCNCC1CCN(CCC2CCC2)C1. The zero-order valence-corrected chi connectivity index (χ0v) is 10.9. The summed E-state index contributed by atoms with van der Waals surface area (Å²) in [6.45, 7) is 8.75. The standard InChI is InChI=1S/C14H28N2/c1-2-8-15-11-14-7-10-16(12-14)9-6-13-4-3-5-13/h13-15H,2-12H2,1H3. The van der Waals surface area contributed by atoms with E-state index in [1.807, 2.05) is 0 Å². The number of nitrogens with zero attached hydrogens (tertiary/aromatic N) is 1. The topological polar surface area (TPSA) is 15.3 Å². The number of nitrogens with one attached hydrogen (secondary N) is 1. The minimum Gasteiger partial charge on any atom is -0.316 e. The monoisotopic (exact) mass is 224 g/mol. The van der Waals surface area contributed by atoms with Crippen LogP contribution in [0, 0.1) is 11.8 Å². The van der Waals surface area contributed by atoms with Crippen molar-refractivity contribution in [3.63, 3.8) is 0 Å². The third-order valence-electron chi connectivity index (χ3n) is 4.31. The van der Waals surface area contributed by atoms with Gasteiger partial charge in [-0.1, -0.05) is 26.2 Å². The van der Waals surface area contributed by atoms with Gasteiger partial charge in [0.05, 0.1) is 0 Å². The first kappa shape index (κ1) is 12.4. The van der Waals surface area contributed by atoms with E-state index in [4.69, 9.17) is 0 Å². The van der Waals surface area contributed by atoms with E-state index in [2.05, 4.69) is 17.1 Å². The summed E-state index contributed by atoms with van der Waals surface area (Å²) in [5.74, 6) is 2.00. The minimum atomic E-state index is 0.924. The van der Waals surface area contributed by atoms with Crippen LogP contribution >= 0.6 is 0 Å². The van der Waals surface area contributed by atoms with Gasteiger partial charge in [-0.05, 0) is 57.3 Å². The second-order valence-electron chi connectivity index (χ2n) is 5.75. The third-order valence-corrected chi connectivity index (χ3v) is 4.31. The Kier molecular flexibility index (Phi) is 5.11. The number of hydrogen-bond acceptors (Lipinski definition) is 2. The maximum Gasteiger partial charge on any atom is 0.00223 e. The molecule has 1 atom stereocenters. The molecule has 0 amide bonds. The second kappa shape index (κ2) is 6.61. The molecule has 94 valence electrons. The first-order chi connectivity index (χ1) is 7.88. The van der Waals surface area contributed by atoms with E-state index in [1.165, 1.54) is 71.2 Å². The van der Waals surface area contributed by atoms with Crippen molar-refractivity contribution in [1.82, 2.24) is 10.2 Å². The summed E-state index contributed by atoms with van der Waals surface area (Å²) in [6.07, 6.45) is 8.66. The van der Waals surface area contributed by atoms with Gasteiger partial charge >= 0.3 is 0 Å². The summed E-state index contributed by atoms with van der Waals surface area (Å²) in [5.41, 5.74) is 0. The van der Waals surface area contributed by atoms with E-state index in [-0.39, 0.29) is 0 Å². The molecule has 1 saturated heterocycles. The van der Waals surface area contributed by atoms with Gasteiger partial charge in [0.25, 0.3) is 0 Å². The molecule has 0 aromatic carbocycles. The Bertz CT molecular complexity index is 189. The van der Waals surface area contributed by atoms with Gasteiger partial charge in [-0.2, -0.15) is 0 Å². The molecule has 0 bridgehead atoms. The molecule has 1 aliphatic heterocycles. The van der Waals surface area contributed by atoms with Crippen LogP contribution in [-0.2, 0) is 0 Å². The van der Waals surface area contributed by atoms with Gasteiger partial charge in [0, 0.05) is 6.54 Å². The zero-order chi connectivity index (χ0) is 11.2. The summed E-state index contributed by atoms with van der Waals surface area (Å²) in [6, 6.07) is 0. The van der Waals surface area contributed by atoms with Crippen LogP contribution in [0.2, 0.25) is 0 Å². The van der Waals surface area contributed by atoms with Crippen LogP contribution < -0.4 is 5.32 Å². The molecule has 2 rings (SSSR count). The van der Waals surface area contributed by atoms with Crippen LogP contribution in [0.3, 0.4) is 0 Å². The van der Waals surface area contributed by atoms with Crippen molar-refractivity contribution >= 4 is 0 Å². The van der Waals surface area contributed by atoms with Crippen LogP contribution in [0.5, 0.6) is 0 Å². The lowest BCUT2D eigenvalue weighted by atomic mass is 9.83. The molecule has 2 aliphatic rings. The smallest absolute Gasteiger partial charge is 0.00223 e. The van der Waals surface area contributed by atoms with Crippen LogP contribution in [0.1, 0.15) is 45.4 Å². The molecule has 2 nitrogen and oxygen atoms in total. The molecule has 1 N–H and O–H groups in total. The number of rotatable bonds is 7. The number of likely N-dealkylation sites (tertiary alicyclic amines) is 1. The summed E-state index contributed by atoms with van der Waals surface area (Å²) in [5, 5.41) is 3.56. The van der Waals surface area contributed by atoms with Gasteiger partial charge in [0.2, 0.25) is 0 Å². The van der Waals surface area contributed by atoms with Crippen LogP contribution in [0.25, 0.3) is 0 Å². The van der Waals surface area contributed by atoms with Gasteiger partial charge in [-0.15, -0.1) is 0 Å². The Morgan fingerprint density at radius 2 is 2.06 bits per heavy atom. The summed E-state index contributed by atoms with van der Waals surface area (Å²) >= 11 is 0. The predicted molar refractivity (Wildman–Crippen MR) is 69.7 cm³/mol. The lowest BCUT2D eigenvalue weighted by Gasteiger charge is -2.27. The molecular formula is C14H28N2. The molecule has 1 saturated carbocycles. The summed E-state index contributed by atoms with van der Waals surface area (Å²) in [7, 11) is 0. The van der Waals surface area contributed by atoms with Crippen LogP contribution in [0.15, 0.2) is 0 Å². The lowest BCUT2D eigenvalue weighted by molar-refractivity contribution is 0.234. The third kappa shape index (κ3) is 3.74. The Morgan fingerprint density at radius 1 is 1.19 bits per heavy atom. The molecule has 2 fully saturated rings. The molecule has 1 heterocycles. The van der Waals surface area contributed by atoms with E-state index >= 15 is 0 Å². The van der Waals surface area contributed by atoms with Crippen LogP contribution in [-0.4, -0.2) is 37.6 Å². The molecule has 0 spiro atoms. The first-order valence-corrected chi connectivity index (χ1v) is 7.31. The van der Waals surface area contributed by atoms with E-state index in [0.717, 1.165) is 11.8 Å². The fraction of sp³-hybridized carbons (Fsp3) is 1.00. The fourth-order valence-electron chi connectivity index (χ4n) is 2.91. The Morgan fingerprint density at radius 3 is 2.75 bits per heavy atom. The molecule has 0 aromatic heterocycles. The van der Waals surface area contributed by atoms with E-state index in [0.29, 0.717) is 0 Å². The van der Waals surface area contributed by atoms with Crippen molar-refractivity contribution in [3.05, 3.63) is 0 Å². The zero-order valence-electron chi connectivity index (χ0n) is 10.9. The van der Waals surface area contributed by atoms with E-state index in [1.54, 1.807) is 0 Å². The average Bonchev–Trinajstić information content (AvgIpc) is 2.64. The highest BCUT2D eigenvalue weighted by atomic mass is 15.1. The van der Waals surface area contributed by atoms with Gasteiger partial charge in [-0.25, -0.2) is 0 Å². The fourth-order valence-corrected chi connectivity index (χ4v) is 2.91. The van der Waals surface area contributed by atoms with Crippen molar-refractivity contribution in [3.8, 4) is 0 Å². The van der Waals surface area contributed by atoms with Gasteiger partial charge < -0.3 is 10.2 Å². The van der Waals surface area contributed by atoms with Crippen molar-refractivity contribution in [2.24, 2.45) is 11.8 Å². The molecule has 0 aromatic rings. The molecule has 0 radical (unpaired) electrons. The number of hydrogen-bond donors (Lipinski definition) is 1.